The highest BCUT2D eigenvalue weighted by Crippen LogP contribution is 1.95. The maximum Gasteiger partial charge on any atom is 0.399 e. The zero-order chi connectivity index (χ0) is 28.7. The molecule has 0 saturated carbocycles. The van der Waals surface area contributed by atoms with Crippen LogP contribution in [0.5, 0.6) is 0 Å². The predicted molar refractivity (Wildman–Crippen MR) is 119 cm³/mol. The van der Waals surface area contributed by atoms with E-state index in [0.29, 0.717) is 13.0 Å². The molecule has 0 aromatic carbocycles. The normalized spacial score (nSPS) is 9.62. The molecular weight excluding hydrogens is 452 g/mol. The molecule has 0 radical (unpaired) electrons. The molecule has 15 nitrogen and oxygen atoms in total. The van der Waals surface area contributed by atoms with E-state index in [1.165, 1.54) is 14.0 Å². The van der Waals surface area contributed by atoms with Gasteiger partial charge in [0.1, 0.15) is 0 Å². The van der Waals surface area contributed by atoms with Gasteiger partial charge in [-0.25, -0.2) is 8.37 Å². The monoisotopic (exact) mass is 493 g/mol. The van der Waals surface area contributed by atoms with Gasteiger partial charge in [0.15, 0.2) is 5.65 Å². The SMILES string of the molecule is CN.[2H]NC(=O)C=C.[2H]NC(=O)C=C.[2H]NC(=O)CCNC.[2H]NC(=O)CCOS(=O)(=O)OCC.[OH-]. The first-order valence-corrected chi connectivity index (χ1v) is 9.63. The van der Waals surface area contributed by atoms with E-state index in [1.54, 1.807) is 30.0 Å². The summed E-state index contributed by atoms with van der Waals surface area (Å²) in [6.07, 6.45) is 2.25. The second-order valence-corrected chi connectivity index (χ2v) is 5.51. The maximum atomic E-state index is 10.7. The van der Waals surface area contributed by atoms with E-state index in [9.17, 15) is 27.6 Å². The van der Waals surface area contributed by atoms with Gasteiger partial charge in [-0.3, -0.25) is 19.2 Å². The number of hydrogen-bond donors (Lipinski definition) is 6. The average Bonchev–Trinajstić information content (AvgIpc) is 2.88. The molecule has 0 aromatic rings. The van der Waals surface area contributed by atoms with Gasteiger partial charge in [0.2, 0.25) is 23.6 Å². The van der Waals surface area contributed by atoms with Crippen molar-refractivity contribution in [2.75, 3.05) is 33.9 Å². The van der Waals surface area contributed by atoms with Crippen LogP contribution in [0.1, 0.15) is 19.8 Å². The Labute approximate surface area is 194 Å². The minimum absolute atomic E-state index is 0. The van der Waals surface area contributed by atoms with E-state index in [1.807, 2.05) is 0 Å². The van der Waals surface area contributed by atoms with Crippen LogP contribution in [0.15, 0.2) is 25.3 Å². The lowest BCUT2D eigenvalue weighted by atomic mass is 10.4. The topological polar surface area (TPSA) is 293 Å². The number of nitrogens with one attached hydrogen (secondary N) is 1. The van der Waals surface area contributed by atoms with Crippen LogP contribution in [0.4, 0.5) is 0 Å². The first kappa shape index (κ1) is 31.3. The Kier molecular flexibility index (Phi) is 32.0. The number of primary amides is 4. The molecule has 0 atom stereocenters. The molecule has 0 aliphatic carbocycles. The van der Waals surface area contributed by atoms with Crippen molar-refractivity contribution in [3.05, 3.63) is 25.3 Å². The van der Waals surface area contributed by atoms with Gasteiger partial charge in [0.05, 0.1) is 19.6 Å². The third-order valence-corrected chi connectivity index (χ3v) is 2.77. The number of carbonyl (C=O) groups is 4. The highest BCUT2D eigenvalue weighted by Gasteiger charge is 2.10. The summed E-state index contributed by atoms with van der Waals surface area (Å²) in [7, 11) is -0.716. The van der Waals surface area contributed by atoms with Crippen molar-refractivity contribution in [1.82, 2.24) is 5.32 Å². The highest BCUT2D eigenvalue weighted by molar-refractivity contribution is 7.81. The molecule has 0 aliphatic rings. The van der Waals surface area contributed by atoms with E-state index in [4.69, 9.17) is 5.65 Å². The first-order chi connectivity index (χ1) is 16.4. The van der Waals surface area contributed by atoms with Crippen LogP contribution < -0.4 is 34.0 Å². The van der Waals surface area contributed by atoms with Crippen molar-refractivity contribution in [1.29, 1.82) is 0 Å². The molecule has 0 unspecified atom stereocenters. The van der Waals surface area contributed by atoms with Crippen molar-refractivity contribution in [3.8, 4) is 0 Å². The quantitative estimate of drug-likeness (QED) is 0.157. The molecule has 0 heterocycles. The molecule has 0 bridgehead atoms. The van der Waals surface area contributed by atoms with Crippen LogP contribution in [0, 0.1) is 0 Å². The first-order valence-electron chi connectivity index (χ1n) is 10.3. The molecule has 0 rings (SSSR count). The third-order valence-electron chi connectivity index (χ3n) is 1.79. The molecule has 16 heteroatoms. The molecular formula is C16H37N6O9S-. The summed E-state index contributed by atoms with van der Waals surface area (Å²) in [6.45, 7) is 7.98. The number of carbonyl (C=O) groups excluding carboxylic acids is 4. The standard InChI is InChI=1S/C5H11NO5S.C4H10N2O.2C3H5NO.CH5N.H2O/c1-2-10-12(8,9)11-4-3-5(6)7;1-6-3-2-4(5)7;2*1-2-3(4)5;1-2;/h2-4H2,1H3,(H2,6,7);6H,2-3H2,1H3,(H2,5,7);2*2H,1H2,(H2,4,5);2H2,1H3;1H2/p-1/i/hD4. The van der Waals surface area contributed by atoms with Gasteiger partial charge in [-0.15, -0.1) is 0 Å². The molecule has 0 saturated heterocycles. The Balaban J connectivity index is -0.0000000851. The summed E-state index contributed by atoms with van der Waals surface area (Å²) in [4.78, 5) is 40.2. The smallest absolute Gasteiger partial charge is 0.399 e. The molecule has 4 amide bonds. The van der Waals surface area contributed by atoms with E-state index >= 15 is 0 Å². The van der Waals surface area contributed by atoms with Gasteiger partial charge < -0.3 is 39.4 Å². The summed E-state index contributed by atoms with van der Waals surface area (Å²) in [5, 5.41) is 2.79. The lowest BCUT2D eigenvalue weighted by Crippen LogP contribution is -2.18. The van der Waals surface area contributed by atoms with Gasteiger partial charge in [0.25, 0.3) is 0 Å². The minimum atomic E-state index is -3.98. The molecule has 0 spiro atoms. The van der Waals surface area contributed by atoms with E-state index < -0.39 is 28.1 Å². The van der Waals surface area contributed by atoms with Crippen molar-refractivity contribution in [3.63, 3.8) is 0 Å². The van der Waals surface area contributed by atoms with Crippen molar-refractivity contribution >= 4 is 34.0 Å². The molecule has 192 valence electrons. The number of amides is 4. The lowest BCUT2D eigenvalue weighted by Gasteiger charge is -2.01. The fourth-order valence-electron chi connectivity index (χ4n) is 0.653. The third kappa shape index (κ3) is 71.2. The molecule has 32 heavy (non-hydrogen) atoms. The van der Waals surface area contributed by atoms with Gasteiger partial charge in [-0.2, -0.15) is 8.42 Å². The van der Waals surface area contributed by atoms with E-state index in [0.717, 1.165) is 12.2 Å². The van der Waals surface area contributed by atoms with Crippen LogP contribution in [0.3, 0.4) is 0 Å². The van der Waals surface area contributed by atoms with Crippen LogP contribution in [-0.2, 0) is 37.9 Å². The summed E-state index contributed by atoms with van der Waals surface area (Å²) in [5.74, 6) is -1.82. The number of rotatable bonds is 11. The Hall–Kier alpha value is -2.89. The van der Waals surface area contributed by atoms with Gasteiger partial charge in [-0.05, 0) is 33.2 Å². The van der Waals surface area contributed by atoms with Gasteiger partial charge >= 0.3 is 10.4 Å². The Morgan fingerprint density at radius 3 is 1.66 bits per heavy atom. The summed E-state index contributed by atoms with van der Waals surface area (Å²) >= 11 is 0. The molecule has 0 fully saturated rings. The number of hydrogen-bond acceptors (Lipinski definition) is 11. The lowest BCUT2D eigenvalue weighted by molar-refractivity contribution is -0.119. The van der Waals surface area contributed by atoms with E-state index in [-0.39, 0.29) is 31.0 Å². The minimum Gasteiger partial charge on any atom is -0.870 e. The highest BCUT2D eigenvalue weighted by atomic mass is 32.3. The summed E-state index contributed by atoms with van der Waals surface area (Å²) in [5.41, 5.74) is 11.1. The maximum absolute atomic E-state index is 10.7. The van der Waals surface area contributed by atoms with Crippen molar-refractivity contribution in [2.24, 2.45) is 28.6 Å². The zero-order valence-corrected chi connectivity index (χ0v) is 19.1. The summed E-state index contributed by atoms with van der Waals surface area (Å²) < 4.78 is 54.8. The van der Waals surface area contributed by atoms with Crippen LogP contribution in [-0.4, -0.2) is 71.4 Å². The zero-order valence-electron chi connectivity index (χ0n) is 22.3. The molecule has 0 aromatic heterocycles. The predicted octanol–water partition coefficient (Wildman–Crippen LogP) is -3.05. The van der Waals surface area contributed by atoms with Gasteiger partial charge in [-0.1, -0.05) is 13.2 Å². The Bertz CT molecular complexity index is 669. The summed E-state index contributed by atoms with van der Waals surface area (Å²) in [6, 6.07) is 0. The van der Waals surface area contributed by atoms with Gasteiger partial charge in [0, 0.05) is 13.0 Å². The largest absolute Gasteiger partial charge is 0.870 e. The van der Waals surface area contributed by atoms with Crippen LogP contribution >= 0.6 is 0 Å². The average molecular weight is 494 g/mol. The second-order valence-electron chi connectivity index (χ2n) is 4.22. The van der Waals surface area contributed by atoms with Crippen LogP contribution in [0.2, 0.25) is 5.65 Å². The van der Waals surface area contributed by atoms with Crippen LogP contribution in [0.25, 0.3) is 0 Å². The Morgan fingerprint density at radius 1 is 0.938 bits per heavy atom. The number of nitrogens with two attached hydrogens (primary N) is 5. The Morgan fingerprint density at radius 2 is 1.38 bits per heavy atom. The molecule has 12 N–H and O–H groups in total. The van der Waals surface area contributed by atoms with E-state index in [2.05, 4.69) is 32.6 Å². The second kappa shape index (κ2) is 32.8. The fourth-order valence-corrected chi connectivity index (χ4v) is 1.30. The fraction of sp³-hybridized carbons (Fsp3) is 0.500. The van der Waals surface area contributed by atoms with Crippen molar-refractivity contribution < 1.29 is 47.1 Å². The van der Waals surface area contributed by atoms with Crippen molar-refractivity contribution in [2.45, 2.75) is 19.8 Å². The molecule has 0 aliphatic heterocycles.